The zero-order chi connectivity index (χ0) is 20.9. The summed E-state index contributed by atoms with van der Waals surface area (Å²) in [5.41, 5.74) is 5.33. The van der Waals surface area contributed by atoms with Crippen molar-refractivity contribution >= 4 is 12.5 Å². The van der Waals surface area contributed by atoms with E-state index in [1.807, 2.05) is 12.1 Å². The molecule has 0 amide bonds. The van der Waals surface area contributed by atoms with Gasteiger partial charge in [0.1, 0.15) is 7.14 Å². The van der Waals surface area contributed by atoms with Crippen LogP contribution in [0.1, 0.15) is 64.5 Å². The summed E-state index contributed by atoms with van der Waals surface area (Å²) < 4.78 is 14.7. The quantitative estimate of drug-likeness (QED) is 0.317. The summed E-state index contributed by atoms with van der Waals surface area (Å²) >= 11 is 0. The molecule has 3 unspecified atom stereocenters. The summed E-state index contributed by atoms with van der Waals surface area (Å²) in [6, 6.07) is 20.9. The molecule has 0 saturated carbocycles. The van der Waals surface area contributed by atoms with E-state index in [1.165, 1.54) is 23.1 Å². The van der Waals surface area contributed by atoms with E-state index in [1.54, 1.807) is 0 Å². The molecular formula is C27H35OP. The topological polar surface area (TPSA) is 17.1 Å². The Morgan fingerprint density at radius 2 is 1.69 bits per heavy atom. The van der Waals surface area contributed by atoms with Crippen LogP contribution in [0.15, 0.2) is 77.9 Å². The highest BCUT2D eigenvalue weighted by molar-refractivity contribution is 7.74. The van der Waals surface area contributed by atoms with Crippen LogP contribution in [0.5, 0.6) is 0 Å². The maximum atomic E-state index is 14.7. The van der Waals surface area contributed by atoms with E-state index in [0.717, 1.165) is 30.1 Å². The Kier molecular flexibility index (Phi) is 7.36. The van der Waals surface area contributed by atoms with Crippen LogP contribution in [0.2, 0.25) is 0 Å². The largest absolute Gasteiger partial charge is 0.318 e. The first-order chi connectivity index (χ1) is 13.9. The van der Waals surface area contributed by atoms with Crippen LogP contribution >= 0.6 is 7.14 Å². The average molecular weight is 407 g/mol. The predicted molar refractivity (Wildman–Crippen MR) is 128 cm³/mol. The minimum atomic E-state index is -2.53. The van der Waals surface area contributed by atoms with Crippen LogP contribution in [0, 0.1) is 5.92 Å². The first-order valence-corrected chi connectivity index (χ1v) is 12.9. The van der Waals surface area contributed by atoms with Crippen molar-refractivity contribution in [3.63, 3.8) is 0 Å². The molecule has 1 nitrogen and oxygen atoms in total. The lowest BCUT2D eigenvalue weighted by molar-refractivity contribution is 0.473. The Balaban J connectivity index is 1.88. The Morgan fingerprint density at radius 1 is 1.07 bits per heavy atom. The second-order valence-electron chi connectivity index (χ2n) is 8.99. The minimum absolute atomic E-state index is 0.264. The van der Waals surface area contributed by atoms with Crippen molar-refractivity contribution in [2.45, 2.75) is 65.2 Å². The lowest BCUT2D eigenvalue weighted by atomic mass is 9.96. The van der Waals surface area contributed by atoms with E-state index < -0.39 is 7.14 Å². The molecule has 1 heterocycles. The summed E-state index contributed by atoms with van der Waals surface area (Å²) in [6.07, 6.45) is 7.33. The number of benzene rings is 2. The van der Waals surface area contributed by atoms with Crippen LogP contribution in [-0.4, -0.2) is 5.66 Å². The van der Waals surface area contributed by atoms with Gasteiger partial charge in [-0.2, -0.15) is 0 Å². The highest BCUT2D eigenvalue weighted by Crippen LogP contribution is 2.72. The van der Waals surface area contributed by atoms with Gasteiger partial charge in [-0.1, -0.05) is 84.8 Å². The molecule has 0 N–H and O–H groups in total. The lowest BCUT2D eigenvalue weighted by Gasteiger charge is -2.27. The van der Waals surface area contributed by atoms with E-state index in [2.05, 4.69) is 82.3 Å². The van der Waals surface area contributed by atoms with Crippen molar-refractivity contribution in [3.8, 4) is 0 Å². The van der Waals surface area contributed by atoms with Crippen molar-refractivity contribution in [2.75, 3.05) is 0 Å². The molecule has 1 aliphatic heterocycles. The zero-order valence-electron chi connectivity index (χ0n) is 18.4. The maximum Gasteiger partial charge on any atom is 0.123 e. The summed E-state index contributed by atoms with van der Waals surface area (Å²) in [5.74, 6) is 0.586. The Hall–Kier alpha value is -1.85. The van der Waals surface area contributed by atoms with Gasteiger partial charge in [-0.05, 0) is 63.5 Å². The monoisotopic (exact) mass is 406 g/mol. The molecule has 0 bridgehead atoms. The van der Waals surface area contributed by atoms with Crippen molar-refractivity contribution in [1.82, 2.24) is 0 Å². The molecule has 3 rings (SSSR count). The molecule has 2 aromatic rings. The van der Waals surface area contributed by atoms with Crippen LogP contribution < -0.4 is 0 Å². The molecule has 0 aliphatic carbocycles. The van der Waals surface area contributed by atoms with Crippen molar-refractivity contribution in [3.05, 3.63) is 89.0 Å². The minimum Gasteiger partial charge on any atom is -0.318 e. The summed E-state index contributed by atoms with van der Waals surface area (Å²) in [4.78, 5) is 0. The van der Waals surface area contributed by atoms with E-state index >= 15 is 0 Å². The summed E-state index contributed by atoms with van der Waals surface area (Å²) in [7, 11) is -2.53. The summed E-state index contributed by atoms with van der Waals surface area (Å²) in [5, 5.41) is 1.16. The van der Waals surface area contributed by atoms with Crippen molar-refractivity contribution in [2.24, 2.45) is 5.92 Å². The standard InChI is InChI=1S/C27H35OP/c1-21(2)12-11-13-22(3)18-26-19-23(4)27(25-16-9-6-10-17-25)29(26,28)20-24-14-7-5-8-15-24/h5-10,12,14-17,22,26H,11,13,18-20H2,1-4H3. The van der Waals surface area contributed by atoms with Gasteiger partial charge in [0.25, 0.3) is 0 Å². The zero-order valence-corrected chi connectivity index (χ0v) is 19.3. The third-order valence-corrected chi connectivity index (χ3v) is 9.91. The first-order valence-electron chi connectivity index (χ1n) is 10.9. The number of hydrogen-bond donors (Lipinski definition) is 0. The lowest BCUT2D eigenvalue weighted by Crippen LogP contribution is -2.11. The first kappa shape index (κ1) is 21.8. The van der Waals surface area contributed by atoms with Gasteiger partial charge in [0, 0.05) is 17.1 Å². The second-order valence-corrected chi connectivity index (χ2v) is 12.1. The third-order valence-electron chi connectivity index (χ3n) is 6.11. The van der Waals surface area contributed by atoms with Crippen molar-refractivity contribution < 1.29 is 4.57 Å². The Bertz CT molecular complexity index is 904. The van der Waals surface area contributed by atoms with E-state index in [4.69, 9.17) is 0 Å². The molecular weight excluding hydrogens is 371 g/mol. The maximum absolute atomic E-state index is 14.7. The van der Waals surface area contributed by atoms with Gasteiger partial charge in [0.2, 0.25) is 0 Å². The molecule has 154 valence electrons. The third kappa shape index (κ3) is 5.40. The van der Waals surface area contributed by atoms with Gasteiger partial charge in [-0.3, -0.25) is 0 Å². The number of hydrogen-bond acceptors (Lipinski definition) is 1. The van der Waals surface area contributed by atoms with Gasteiger partial charge < -0.3 is 4.57 Å². The van der Waals surface area contributed by atoms with Gasteiger partial charge in [0.15, 0.2) is 0 Å². The molecule has 0 aromatic heterocycles. The molecule has 1 aliphatic rings. The molecule has 0 spiro atoms. The molecule has 2 aromatic carbocycles. The van der Waals surface area contributed by atoms with Gasteiger partial charge in [0.05, 0.1) is 0 Å². The summed E-state index contributed by atoms with van der Waals surface area (Å²) in [6.45, 7) is 8.86. The molecule has 29 heavy (non-hydrogen) atoms. The predicted octanol–water partition coefficient (Wildman–Crippen LogP) is 8.53. The number of allylic oxidation sites excluding steroid dienone is 3. The molecule has 2 heteroatoms. The SMILES string of the molecule is CC(C)=CCCC(C)CC1CC(C)=C(c2ccccc2)P1(=O)Cc1ccccc1. The number of rotatable bonds is 8. The van der Waals surface area contributed by atoms with Gasteiger partial charge in [-0.25, -0.2) is 0 Å². The van der Waals surface area contributed by atoms with E-state index in [-0.39, 0.29) is 5.66 Å². The smallest absolute Gasteiger partial charge is 0.123 e. The average Bonchev–Trinajstić information content (AvgIpc) is 2.92. The normalized spacial score (nSPS) is 22.6. The molecule has 0 fully saturated rings. The van der Waals surface area contributed by atoms with E-state index in [0.29, 0.717) is 12.1 Å². The van der Waals surface area contributed by atoms with Gasteiger partial charge in [-0.15, -0.1) is 0 Å². The Labute approximate surface area is 177 Å². The molecule has 0 saturated heterocycles. The van der Waals surface area contributed by atoms with Crippen molar-refractivity contribution in [1.29, 1.82) is 0 Å². The van der Waals surface area contributed by atoms with Crippen LogP contribution in [0.3, 0.4) is 0 Å². The fraction of sp³-hybridized carbons (Fsp3) is 0.407. The highest BCUT2D eigenvalue weighted by atomic mass is 31.2. The fourth-order valence-corrected chi connectivity index (χ4v) is 8.85. The Morgan fingerprint density at radius 3 is 2.31 bits per heavy atom. The molecule has 3 atom stereocenters. The van der Waals surface area contributed by atoms with Crippen LogP contribution in [0.4, 0.5) is 0 Å². The molecule has 0 radical (unpaired) electrons. The van der Waals surface area contributed by atoms with Crippen LogP contribution in [-0.2, 0) is 10.7 Å². The van der Waals surface area contributed by atoms with E-state index in [9.17, 15) is 4.57 Å². The van der Waals surface area contributed by atoms with Gasteiger partial charge >= 0.3 is 0 Å². The highest BCUT2D eigenvalue weighted by Gasteiger charge is 2.43. The van der Waals surface area contributed by atoms with Crippen LogP contribution in [0.25, 0.3) is 5.31 Å². The fourth-order valence-electron chi connectivity index (χ4n) is 4.72. The second kappa shape index (κ2) is 9.77.